The third-order valence-corrected chi connectivity index (χ3v) is 5.00. The maximum Gasteiger partial charge on any atom is 0.262 e. The van der Waals surface area contributed by atoms with Gasteiger partial charge in [-0.2, -0.15) is 0 Å². The monoisotopic (exact) mass is 384 g/mol. The van der Waals surface area contributed by atoms with Gasteiger partial charge in [-0.05, 0) is 42.3 Å². The number of fused-ring (bicyclic) bond motifs is 1. The summed E-state index contributed by atoms with van der Waals surface area (Å²) in [6.45, 7) is 1.93. The van der Waals surface area contributed by atoms with E-state index in [1.165, 1.54) is 0 Å². The standard InChI is InChI=1S/C24H20N2O3/c1-16-8-7-11-18(14-16)25-22(27)21(15-17-9-3-2-4-10-17)26-23(28)19-12-5-6-13-20(19)24(26)29/h2-14,21H,15H2,1H3,(H,25,27)/t21-/m0/s1. The predicted octanol–water partition coefficient (Wildman–Crippen LogP) is 3.84. The fraction of sp³-hybridized carbons (Fsp3) is 0.125. The average Bonchev–Trinajstić information content (AvgIpc) is 2.98. The molecule has 0 fully saturated rings. The molecular weight excluding hydrogens is 364 g/mol. The van der Waals surface area contributed by atoms with Crippen LogP contribution in [0, 0.1) is 6.92 Å². The van der Waals surface area contributed by atoms with Crippen LogP contribution in [0.3, 0.4) is 0 Å². The Bertz CT molecular complexity index is 1060. The van der Waals surface area contributed by atoms with Gasteiger partial charge in [-0.1, -0.05) is 54.6 Å². The quantitative estimate of drug-likeness (QED) is 0.680. The highest BCUT2D eigenvalue weighted by molar-refractivity contribution is 6.23. The molecule has 0 radical (unpaired) electrons. The molecule has 4 rings (SSSR count). The predicted molar refractivity (Wildman–Crippen MR) is 111 cm³/mol. The molecule has 144 valence electrons. The first kappa shape index (κ1) is 18.6. The van der Waals surface area contributed by atoms with Crippen molar-refractivity contribution in [1.29, 1.82) is 0 Å². The lowest BCUT2D eigenvalue weighted by Gasteiger charge is -2.25. The maximum absolute atomic E-state index is 13.2. The molecule has 0 bridgehead atoms. The van der Waals surface area contributed by atoms with E-state index < -0.39 is 23.8 Å². The summed E-state index contributed by atoms with van der Waals surface area (Å²) in [5.74, 6) is -1.27. The van der Waals surface area contributed by atoms with E-state index >= 15 is 0 Å². The van der Waals surface area contributed by atoms with Gasteiger partial charge in [0.2, 0.25) is 5.91 Å². The molecule has 1 aliphatic heterocycles. The number of carbonyl (C=O) groups is 3. The molecule has 29 heavy (non-hydrogen) atoms. The first-order chi connectivity index (χ1) is 14.0. The Kier molecular flexibility index (Phi) is 4.96. The second-order valence-electron chi connectivity index (χ2n) is 7.09. The van der Waals surface area contributed by atoms with Crippen LogP contribution < -0.4 is 5.32 Å². The van der Waals surface area contributed by atoms with Crippen molar-refractivity contribution in [3.63, 3.8) is 0 Å². The molecule has 3 aromatic rings. The summed E-state index contributed by atoms with van der Waals surface area (Å²) in [6, 6.07) is 22.5. The van der Waals surface area contributed by atoms with Gasteiger partial charge in [0.15, 0.2) is 0 Å². The number of carbonyl (C=O) groups excluding carboxylic acids is 3. The lowest BCUT2D eigenvalue weighted by atomic mass is 10.0. The molecule has 3 aromatic carbocycles. The number of amides is 3. The van der Waals surface area contributed by atoms with Crippen LogP contribution >= 0.6 is 0 Å². The van der Waals surface area contributed by atoms with Crippen LogP contribution in [0.25, 0.3) is 0 Å². The fourth-order valence-corrected chi connectivity index (χ4v) is 3.58. The van der Waals surface area contributed by atoms with E-state index in [-0.39, 0.29) is 6.42 Å². The number of aryl methyl sites for hydroxylation is 1. The minimum absolute atomic E-state index is 0.240. The van der Waals surface area contributed by atoms with E-state index in [1.807, 2.05) is 55.5 Å². The van der Waals surface area contributed by atoms with E-state index in [2.05, 4.69) is 5.32 Å². The zero-order valence-corrected chi connectivity index (χ0v) is 16.0. The molecule has 1 heterocycles. The van der Waals surface area contributed by atoms with E-state index in [0.29, 0.717) is 16.8 Å². The van der Waals surface area contributed by atoms with Crippen LogP contribution in [-0.4, -0.2) is 28.7 Å². The fourth-order valence-electron chi connectivity index (χ4n) is 3.58. The Morgan fingerprint density at radius 1 is 0.862 bits per heavy atom. The van der Waals surface area contributed by atoms with Crippen molar-refractivity contribution in [2.45, 2.75) is 19.4 Å². The number of hydrogen-bond acceptors (Lipinski definition) is 3. The number of nitrogens with zero attached hydrogens (tertiary/aromatic N) is 1. The van der Waals surface area contributed by atoms with Crippen LogP contribution in [0.2, 0.25) is 0 Å². The lowest BCUT2D eigenvalue weighted by Crippen LogP contribution is -2.48. The number of imide groups is 1. The molecule has 1 atom stereocenters. The van der Waals surface area contributed by atoms with Crippen molar-refractivity contribution >= 4 is 23.4 Å². The van der Waals surface area contributed by atoms with Crippen molar-refractivity contribution < 1.29 is 14.4 Å². The van der Waals surface area contributed by atoms with Crippen molar-refractivity contribution in [2.24, 2.45) is 0 Å². The molecular formula is C24H20N2O3. The van der Waals surface area contributed by atoms with E-state index in [0.717, 1.165) is 16.0 Å². The summed E-state index contributed by atoms with van der Waals surface area (Å²) in [6.07, 6.45) is 0.240. The number of nitrogens with one attached hydrogen (secondary N) is 1. The number of benzene rings is 3. The van der Waals surface area contributed by atoms with E-state index in [9.17, 15) is 14.4 Å². The molecule has 0 unspecified atom stereocenters. The minimum Gasteiger partial charge on any atom is -0.324 e. The van der Waals surface area contributed by atoms with E-state index in [4.69, 9.17) is 0 Å². The van der Waals surface area contributed by atoms with Gasteiger partial charge in [-0.25, -0.2) is 0 Å². The molecule has 5 heteroatoms. The average molecular weight is 384 g/mol. The lowest BCUT2D eigenvalue weighted by molar-refractivity contribution is -0.119. The molecule has 1 aliphatic rings. The van der Waals surface area contributed by atoms with Crippen molar-refractivity contribution in [3.8, 4) is 0 Å². The zero-order valence-electron chi connectivity index (χ0n) is 16.0. The molecule has 1 N–H and O–H groups in total. The first-order valence-corrected chi connectivity index (χ1v) is 9.43. The topological polar surface area (TPSA) is 66.5 Å². The number of hydrogen-bond donors (Lipinski definition) is 1. The molecule has 3 amide bonds. The summed E-state index contributed by atoms with van der Waals surface area (Å²) in [5, 5.41) is 2.86. The van der Waals surface area contributed by atoms with E-state index in [1.54, 1.807) is 30.3 Å². The van der Waals surface area contributed by atoms with Crippen LogP contribution in [0.15, 0.2) is 78.9 Å². The van der Waals surface area contributed by atoms with Crippen LogP contribution in [0.4, 0.5) is 5.69 Å². The Morgan fingerprint density at radius 2 is 1.48 bits per heavy atom. The summed E-state index contributed by atoms with van der Waals surface area (Å²) in [4.78, 5) is 40.2. The Labute approximate surface area is 169 Å². The highest BCUT2D eigenvalue weighted by atomic mass is 16.2. The summed E-state index contributed by atoms with van der Waals surface area (Å²) in [5.41, 5.74) is 3.17. The minimum atomic E-state index is -0.953. The third-order valence-electron chi connectivity index (χ3n) is 5.00. The van der Waals surface area contributed by atoms with Gasteiger partial charge in [-0.15, -0.1) is 0 Å². The molecule has 5 nitrogen and oxygen atoms in total. The molecule has 0 spiro atoms. The Hall–Kier alpha value is -3.73. The highest BCUT2D eigenvalue weighted by Crippen LogP contribution is 2.26. The molecule has 0 aliphatic carbocycles. The summed E-state index contributed by atoms with van der Waals surface area (Å²) < 4.78 is 0. The third kappa shape index (κ3) is 3.67. The second-order valence-corrected chi connectivity index (χ2v) is 7.09. The maximum atomic E-state index is 13.2. The van der Waals surface area contributed by atoms with Crippen LogP contribution in [-0.2, 0) is 11.2 Å². The van der Waals surface area contributed by atoms with Crippen molar-refractivity contribution in [3.05, 3.63) is 101 Å². The molecule has 0 saturated heterocycles. The second kappa shape index (κ2) is 7.72. The van der Waals surface area contributed by atoms with Gasteiger partial charge < -0.3 is 5.32 Å². The molecule has 0 saturated carbocycles. The smallest absolute Gasteiger partial charge is 0.262 e. The zero-order chi connectivity index (χ0) is 20.4. The van der Waals surface area contributed by atoms with Crippen molar-refractivity contribution in [2.75, 3.05) is 5.32 Å². The van der Waals surface area contributed by atoms with Gasteiger partial charge >= 0.3 is 0 Å². The van der Waals surface area contributed by atoms with Gasteiger partial charge in [0.05, 0.1) is 11.1 Å². The van der Waals surface area contributed by atoms with Gasteiger partial charge in [-0.3, -0.25) is 19.3 Å². The first-order valence-electron chi connectivity index (χ1n) is 9.43. The normalized spacial score (nSPS) is 13.9. The Morgan fingerprint density at radius 3 is 2.10 bits per heavy atom. The largest absolute Gasteiger partial charge is 0.324 e. The molecule has 0 aromatic heterocycles. The van der Waals surface area contributed by atoms with Crippen molar-refractivity contribution in [1.82, 2.24) is 4.90 Å². The van der Waals surface area contributed by atoms with Crippen LogP contribution in [0.5, 0.6) is 0 Å². The highest BCUT2D eigenvalue weighted by Gasteiger charge is 2.42. The summed E-state index contributed by atoms with van der Waals surface area (Å²) in [7, 11) is 0. The number of rotatable bonds is 5. The SMILES string of the molecule is Cc1cccc(NC(=O)[C@H](Cc2ccccc2)N2C(=O)c3ccccc3C2=O)c1. The summed E-state index contributed by atoms with van der Waals surface area (Å²) >= 11 is 0. The van der Waals surface area contributed by atoms with Gasteiger partial charge in [0.25, 0.3) is 11.8 Å². The van der Waals surface area contributed by atoms with Gasteiger partial charge in [0, 0.05) is 12.1 Å². The number of anilines is 1. The Balaban J connectivity index is 1.68. The van der Waals surface area contributed by atoms with Crippen LogP contribution in [0.1, 0.15) is 31.8 Å². The van der Waals surface area contributed by atoms with Gasteiger partial charge in [0.1, 0.15) is 6.04 Å².